The number of halogens is 1. The van der Waals surface area contributed by atoms with Crippen molar-refractivity contribution in [2.45, 2.75) is 0 Å². The lowest BCUT2D eigenvalue weighted by molar-refractivity contribution is 0.100. The van der Waals surface area contributed by atoms with Gasteiger partial charge in [0.05, 0.1) is 11.3 Å². The number of rotatable bonds is 2. The molecule has 5 nitrogen and oxygen atoms in total. The highest BCUT2D eigenvalue weighted by Crippen LogP contribution is 2.22. The summed E-state index contributed by atoms with van der Waals surface area (Å²) in [4.78, 5) is 15.2. The molecule has 1 radical (unpaired) electrons. The van der Waals surface area contributed by atoms with Crippen LogP contribution in [0, 0.1) is 12.1 Å². The van der Waals surface area contributed by atoms with E-state index in [0.29, 0.717) is 16.9 Å². The fraction of sp³-hybridized carbons (Fsp3) is 0. The summed E-state index contributed by atoms with van der Waals surface area (Å²) in [5, 5.41) is 3.92. The van der Waals surface area contributed by atoms with E-state index in [1.54, 1.807) is 24.3 Å². The van der Waals surface area contributed by atoms with E-state index >= 15 is 0 Å². The smallest absolute Gasteiger partial charge is 0.252 e. The van der Waals surface area contributed by atoms with Crippen molar-refractivity contribution < 1.29 is 9.18 Å². The van der Waals surface area contributed by atoms with Gasteiger partial charge in [0, 0.05) is 5.56 Å². The second-order valence-electron chi connectivity index (χ2n) is 3.95. The van der Waals surface area contributed by atoms with Gasteiger partial charge in [-0.3, -0.25) is 4.79 Å². The summed E-state index contributed by atoms with van der Waals surface area (Å²) in [6.07, 6.45) is 2.42. The highest BCUT2D eigenvalue weighted by Gasteiger charge is 2.13. The molecular formula is C13H8FN4O. The Morgan fingerprint density at radius 1 is 1.32 bits per heavy atom. The van der Waals surface area contributed by atoms with Gasteiger partial charge in [-0.25, -0.2) is 13.9 Å². The topological polar surface area (TPSA) is 73.3 Å². The van der Waals surface area contributed by atoms with Crippen molar-refractivity contribution in [1.82, 2.24) is 14.6 Å². The van der Waals surface area contributed by atoms with Crippen LogP contribution in [-0.4, -0.2) is 20.5 Å². The highest BCUT2D eigenvalue weighted by atomic mass is 19.1. The minimum atomic E-state index is -0.600. The molecule has 2 heterocycles. The largest absolute Gasteiger partial charge is 0.365 e. The molecule has 93 valence electrons. The maximum atomic E-state index is 13.3. The van der Waals surface area contributed by atoms with Crippen LogP contribution in [0.1, 0.15) is 10.4 Å². The van der Waals surface area contributed by atoms with Crippen molar-refractivity contribution in [3.05, 3.63) is 54.1 Å². The Bertz CT molecular complexity index is 781. The number of primary amides is 1. The lowest BCUT2D eigenvalue weighted by Crippen LogP contribution is -2.13. The molecule has 0 bridgehead atoms. The third-order valence-electron chi connectivity index (χ3n) is 2.76. The summed E-state index contributed by atoms with van der Waals surface area (Å²) in [6, 6.07) is 9.25. The number of benzene rings is 1. The van der Waals surface area contributed by atoms with Gasteiger partial charge in [-0.2, -0.15) is 0 Å². The molecule has 0 spiro atoms. The molecule has 0 atom stereocenters. The van der Waals surface area contributed by atoms with E-state index in [2.05, 4.69) is 16.4 Å². The van der Waals surface area contributed by atoms with Gasteiger partial charge in [0.25, 0.3) is 5.91 Å². The Kier molecular flexibility index (Phi) is 2.49. The zero-order valence-corrected chi connectivity index (χ0v) is 9.67. The summed E-state index contributed by atoms with van der Waals surface area (Å²) < 4.78 is 14.7. The molecule has 3 aromatic rings. The first kappa shape index (κ1) is 11.3. The normalized spacial score (nSPS) is 10.8. The molecular weight excluding hydrogens is 247 g/mol. The van der Waals surface area contributed by atoms with E-state index in [1.165, 1.54) is 16.6 Å². The molecule has 1 aromatic carbocycles. The van der Waals surface area contributed by atoms with Crippen LogP contribution >= 0.6 is 0 Å². The van der Waals surface area contributed by atoms with Crippen molar-refractivity contribution in [1.29, 1.82) is 0 Å². The summed E-state index contributed by atoms with van der Waals surface area (Å²) >= 11 is 0. The third kappa shape index (κ3) is 1.83. The summed E-state index contributed by atoms with van der Waals surface area (Å²) in [7, 11) is 0. The van der Waals surface area contributed by atoms with Crippen LogP contribution in [0.5, 0.6) is 0 Å². The number of amides is 1. The molecule has 19 heavy (non-hydrogen) atoms. The lowest BCUT2D eigenvalue weighted by atomic mass is 10.1. The molecule has 0 fully saturated rings. The fourth-order valence-electron chi connectivity index (χ4n) is 1.92. The highest BCUT2D eigenvalue weighted by molar-refractivity contribution is 5.99. The summed E-state index contributed by atoms with van der Waals surface area (Å²) in [5.74, 6) is -0.953. The van der Waals surface area contributed by atoms with Gasteiger partial charge in [-0.1, -0.05) is 12.1 Å². The standard InChI is InChI=1S/C13H8FN4O/c14-9-3-1-2-8(6-9)11-5-4-10(12(15)19)13-16-7-17-18(11)13/h1-6H,(H2,15,19). The number of carbonyl (C=O) groups excluding carboxylic acids is 1. The summed E-state index contributed by atoms with van der Waals surface area (Å²) in [6.45, 7) is 0. The van der Waals surface area contributed by atoms with Crippen molar-refractivity contribution in [2.24, 2.45) is 5.73 Å². The average Bonchev–Trinajstić information content (AvgIpc) is 2.86. The number of hydrogen-bond donors (Lipinski definition) is 1. The summed E-state index contributed by atoms with van der Waals surface area (Å²) in [5.41, 5.74) is 7.03. The monoisotopic (exact) mass is 255 g/mol. The molecule has 2 N–H and O–H groups in total. The number of carbonyl (C=O) groups is 1. The molecule has 0 saturated carbocycles. The predicted molar refractivity (Wildman–Crippen MR) is 65.7 cm³/mol. The Hall–Kier alpha value is -2.76. The van der Waals surface area contributed by atoms with Crippen LogP contribution in [0.25, 0.3) is 16.9 Å². The second-order valence-corrected chi connectivity index (χ2v) is 3.95. The quantitative estimate of drug-likeness (QED) is 0.752. The maximum absolute atomic E-state index is 13.3. The first-order chi connectivity index (χ1) is 9.16. The third-order valence-corrected chi connectivity index (χ3v) is 2.76. The zero-order valence-electron chi connectivity index (χ0n) is 9.67. The van der Waals surface area contributed by atoms with Crippen LogP contribution in [0.4, 0.5) is 4.39 Å². The minimum absolute atomic E-state index is 0.244. The van der Waals surface area contributed by atoms with Gasteiger partial charge in [0.15, 0.2) is 5.65 Å². The van der Waals surface area contributed by atoms with Crippen LogP contribution < -0.4 is 5.73 Å². The Labute approximate surface area is 107 Å². The zero-order chi connectivity index (χ0) is 13.4. The molecule has 3 rings (SSSR count). The molecule has 0 aliphatic heterocycles. The second kappa shape index (κ2) is 4.16. The van der Waals surface area contributed by atoms with Gasteiger partial charge in [-0.05, 0) is 24.3 Å². The van der Waals surface area contributed by atoms with Crippen molar-refractivity contribution in [2.75, 3.05) is 0 Å². The van der Waals surface area contributed by atoms with Gasteiger partial charge in [0.2, 0.25) is 6.33 Å². The van der Waals surface area contributed by atoms with Crippen LogP contribution in [0.3, 0.4) is 0 Å². The van der Waals surface area contributed by atoms with Gasteiger partial charge in [-0.15, -0.1) is 5.10 Å². The molecule has 1 amide bonds. The van der Waals surface area contributed by atoms with Crippen molar-refractivity contribution in [3.63, 3.8) is 0 Å². The fourth-order valence-corrected chi connectivity index (χ4v) is 1.92. The van der Waals surface area contributed by atoms with Gasteiger partial charge < -0.3 is 5.73 Å². The van der Waals surface area contributed by atoms with E-state index in [4.69, 9.17) is 5.73 Å². The molecule has 6 heteroatoms. The molecule has 0 aliphatic carbocycles. The van der Waals surface area contributed by atoms with Crippen LogP contribution in [0.2, 0.25) is 0 Å². The van der Waals surface area contributed by atoms with E-state index in [9.17, 15) is 9.18 Å². The number of fused-ring (bicyclic) bond motifs is 1. The first-order valence-corrected chi connectivity index (χ1v) is 5.48. The molecule has 0 saturated heterocycles. The molecule has 0 aliphatic rings. The van der Waals surface area contributed by atoms with Gasteiger partial charge >= 0.3 is 0 Å². The van der Waals surface area contributed by atoms with E-state index in [-0.39, 0.29) is 11.4 Å². The Balaban J connectivity index is 2.29. The number of nitrogens with zero attached hydrogens (tertiary/aromatic N) is 3. The predicted octanol–water partition coefficient (Wildman–Crippen LogP) is 1.43. The minimum Gasteiger partial charge on any atom is -0.365 e. The van der Waals surface area contributed by atoms with E-state index in [0.717, 1.165) is 0 Å². The van der Waals surface area contributed by atoms with Crippen LogP contribution in [-0.2, 0) is 0 Å². The average molecular weight is 255 g/mol. The Morgan fingerprint density at radius 3 is 2.89 bits per heavy atom. The van der Waals surface area contributed by atoms with Crippen molar-refractivity contribution in [3.8, 4) is 11.3 Å². The van der Waals surface area contributed by atoms with E-state index in [1.807, 2.05) is 0 Å². The SMILES string of the molecule is NC(=O)c1ccc(-c2cccc(F)c2)n2n[c]nc12. The molecule has 0 unspecified atom stereocenters. The van der Waals surface area contributed by atoms with Crippen molar-refractivity contribution >= 4 is 11.6 Å². The number of hydrogen-bond acceptors (Lipinski definition) is 3. The molecule has 2 aromatic heterocycles. The number of pyridine rings is 1. The lowest BCUT2D eigenvalue weighted by Gasteiger charge is -2.06. The number of nitrogens with two attached hydrogens (primary N) is 1. The Morgan fingerprint density at radius 2 is 2.16 bits per heavy atom. The van der Waals surface area contributed by atoms with E-state index < -0.39 is 5.91 Å². The number of aromatic nitrogens is 3. The first-order valence-electron chi connectivity index (χ1n) is 5.48. The maximum Gasteiger partial charge on any atom is 0.252 e. The van der Waals surface area contributed by atoms with Gasteiger partial charge in [0.1, 0.15) is 5.82 Å². The van der Waals surface area contributed by atoms with Crippen LogP contribution in [0.15, 0.2) is 36.4 Å².